The van der Waals surface area contributed by atoms with Gasteiger partial charge in [0.05, 0.1) is 23.2 Å². The number of hydrogen-bond donors (Lipinski definition) is 2. The van der Waals surface area contributed by atoms with Crippen LogP contribution in [0.15, 0.2) is 48.4 Å². The minimum atomic E-state index is -0.339. The summed E-state index contributed by atoms with van der Waals surface area (Å²) in [5.41, 5.74) is 4.16. The summed E-state index contributed by atoms with van der Waals surface area (Å²) in [5, 5.41) is 10.2. The number of aromatic nitrogens is 3. The number of halogens is 1. The van der Waals surface area contributed by atoms with Gasteiger partial charge in [0.25, 0.3) is 5.91 Å². The lowest BCUT2D eigenvalue weighted by atomic mass is 10.00. The topological polar surface area (TPSA) is 71.8 Å². The largest absolute Gasteiger partial charge is 0.342 e. The normalized spacial score (nSPS) is 14.7. The summed E-state index contributed by atoms with van der Waals surface area (Å²) < 4.78 is 16.0. The van der Waals surface area contributed by atoms with E-state index in [9.17, 15) is 9.18 Å². The zero-order valence-corrected chi connectivity index (χ0v) is 15.2. The van der Waals surface area contributed by atoms with Crippen molar-refractivity contribution in [1.82, 2.24) is 14.8 Å². The van der Waals surface area contributed by atoms with Gasteiger partial charge in [-0.05, 0) is 31.5 Å². The molecule has 27 heavy (non-hydrogen) atoms. The smallest absolute Gasteiger partial charge is 0.258 e. The van der Waals surface area contributed by atoms with Crippen molar-refractivity contribution in [1.29, 1.82) is 0 Å². The highest BCUT2D eigenvalue weighted by Crippen LogP contribution is 2.36. The predicted octanol–water partition coefficient (Wildman–Crippen LogP) is 3.72. The molecule has 0 saturated carbocycles. The number of fused-ring (bicyclic) bond motifs is 1. The molecule has 1 amide bonds. The van der Waals surface area contributed by atoms with E-state index in [1.165, 1.54) is 6.07 Å². The molecule has 3 aromatic rings. The fourth-order valence-electron chi connectivity index (χ4n) is 3.27. The van der Waals surface area contributed by atoms with Gasteiger partial charge in [0, 0.05) is 36.1 Å². The molecule has 0 radical (unpaired) electrons. The number of rotatable bonds is 3. The Bertz CT molecular complexity index is 1080. The minimum absolute atomic E-state index is 0.227. The number of hydrogen-bond acceptors (Lipinski definition) is 4. The summed E-state index contributed by atoms with van der Waals surface area (Å²) in [7, 11) is 1.82. The first-order chi connectivity index (χ1) is 12.9. The summed E-state index contributed by atoms with van der Waals surface area (Å²) in [6, 6.07) is 8.47. The van der Waals surface area contributed by atoms with Crippen molar-refractivity contribution in [2.75, 3.05) is 10.6 Å². The van der Waals surface area contributed by atoms with Gasteiger partial charge in [0.2, 0.25) is 0 Å². The van der Waals surface area contributed by atoms with Gasteiger partial charge in [0.1, 0.15) is 5.82 Å². The zero-order valence-electron chi connectivity index (χ0n) is 15.2. The Morgan fingerprint density at radius 3 is 2.81 bits per heavy atom. The lowest BCUT2D eigenvalue weighted by Gasteiger charge is -2.10. The number of pyridine rings is 1. The lowest BCUT2D eigenvalue weighted by molar-refractivity contribution is -0.110. The van der Waals surface area contributed by atoms with Gasteiger partial charge in [-0.25, -0.2) is 4.39 Å². The highest BCUT2D eigenvalue weighted by molar-refractivity contribution is 6.32. The molecule has 7 heteroatoms. The number of carbonyl (C=O) groups excluding carboxylic acids is 1. The van der Waals surface area contributed by atoms with Gasteiger partial charge < -0.3 is 10.6 Å². The second kappa shape index (κ2) is 6.35. The molecular weight excluding hydrogens is 345 g/mol. The summed E-state index contributed by atoms with van der Waals surface area (Å²) in [6.45, 7) is 3.65. The third kappa shape index (κ3) is 2.97. The predicted molar refractivity (Wildman–Crippen MR) is 102 cm³/mol. The molecule has 2 aromatic heterocycles. The molecule has 0 saturated heterocycles. The van der Waals surface area contributed by atoms with Crippen LogP contribution in [0.2, 0.25) is 0 Å². The van der Waals surface area contributed by atoms with Crippen LogP contribution < -0.4 is 10.6 Å². The molecule has 4 rings (SSSR count). The van der Waals surface area contributed by atoms with E-state index < -0.39 is 0 Å². The number of nitrogens with one attached hydrogen (secondary N) is 2. The first-order valence-electron chi connectivity index (χ1n) is 8.49. The van der Waals surface area contributed by atoms with E-state index >= 15 is 0 Å². The van der Waals surface area contributed by atoms with E-state index in [1.54, 1.807) is 23.0 Å². The maximum absolute atomic E-state index is 14.4. The average Bonchev–Trinajstić information content (AvgIpc) is 3.16. The van der Waals surface area contributed by atoms with E-state index in [0.717, 1.165) is 5.56 Å². The fourth-order valence-corrected chi connectivity index (χ4v) is 3.27. The standard InChI is InChI=1S/C20H18FN5O/c1-11-5-4-6-14(21)18(11)15-9-13-16(10-22-15)24-20(27)19(13)12(2)23-17-7-8-26(3)25-17/h4-10H,1-3H3,(H,23,25)(H,24,27). The number of carbonyl (C=O) groups is 1. The molecule has 0 spiro atoms. The molecule has 3 heterocycles. The molecule has 0 bridgehead atoms. The highest BCUT2D eigenvalue weighted by atomic mass is 19.1. The van der Waals surface area contributed by atoms with Crippen LogP contribution in [0, 0.1) is 12.7 Å². The quantitative estimate of drug-likeness (QED) is 0.696. The number of amides is 1. The second-order valence-electron chi connectivity index (χ2n) is 6.50. The zero-order chi connectivity index (χ0) is 19.1. The van der Waals surface area contributed by atoms with Gasteiger partial charge in [-0.15, -0.1) is 0 Å². The van der Waals surface area contributed by atoms with Crippen LogP contribution in [0.25, 0.3) is 16.8 Å². The SMILES string of the molecule is CC(Nc1ccn(C)n1)=C1C(=O)Nc2cnc(-c3c(C)cccc3F)cc21. The Morgan fingerprint density at radius 1 is 1.30 bits per heavy atom. The number of anilines is 2. The van der Waals surface area contributed by atoms with E-state index in [0.29, 0.717) is 39.6 Å². The Hall–Kier alpha value is -3.48. The molecule has 0 aliphatic carbocycles. The summed E-state index contributed by atoms with van der Waals surface area (Å²) >= 11 is 0. The molecule has 1 aliphatic rings. The molecule has 0 fully saturated rings. The van der Waals surface area contributed by atoms with Crippen LogP contribution in [-0.2, 0) is 11.8 Å². The van der Waals surface area contributed by atoms with Gasteiger partial charge in [-0.2, -0.15) is 5.10 Å². The summed E-state index contributed by atoms with van der Waals surface area (Å²) in [6.07, 6.45) is 3.38. The number of allylic oxidation sites excluding steroid dienone is 1. The van der Waals surface area contributed by atoms with E-state index in [4.69, 9.17) is 0 Å². The number of nitrogens with zero attached hydrogens (tertiary/aromatic N) is 3. The first-order valence-corrected chi connectivity index (χ1v) is 8.49. The fraction of sp³-hybridized carbons (Fsp3) is 0.150. The molecule has 1 aromatic carbocycles. The van der Waals surface area contributed by atoms with E-state index in [-0.39, 0.29) is 11.7 Å². The molecule has 0 atom stereocenters. The Morgan fingerprint density at radius 2 is 2.11 bits per heavy atom. The van der Waals surface area contributed by atoms with Gasteiger partial charge in [0.15, 0.2) is 5.82 Å². The van der Waals surface area contributed by atoms with Gasteiger partial charge in [-0.1, -0.05) is 12.1 Å². The Kier molecular flexibility index (Phi) is 3.99. The number of aryl methyl sites for hydroxylation is 2. The minimum Gasteiger partial charge on any atom is -0.342 e. The van der Waals surface area contributed by atoms with Crippen LogP contribution in [0.4, 0.5) is 15.9 Å². The van der Waals surface area contributed by atoms with Crippen molar-refractivity contribution in [2.24, 2.45) is 7.05 Å². The summed E-state index contributed by atoms with van der Waals surface area (Å²) in [5.74, 6) is 0.0757. The maximum atomic E-state index is 14.4. The van der Waals surface area contributed by atoms with Crippen molar-refractivity contribution >= 4 is 23.0 Å². The van der Waals surface area contributed by atoms with E-state index in [1.807, 2.05) is 39.2 Å². The van der Waals surface area contributed by atoms with Crippen LogP contribution >= 0.6 is 0 Å². The molecule has 136 valence electrons. The lowest BCUT2D eigenvalue weighted by Crippen LogP contribution is -2.09. The third-order valence-electron chi connectivity index (χ3n) is 4.53. The number of benzene rings is 1. The van der Waals surface area contributed by atoms with Crippen LogP contribution in [-0.4, -0.2) is 20.7 Å². The van der Waals surface area contributed by atoms with Crippen LogP contribution in [0.1, 0.15) is 18.1 Å². The molecule has 1 aliphatic heterocycles. The second-order valence-corrected chi connectivity index (χ2v) is 6.50. The van der Waals surface area contributed by atoms with Gasteiger partial charge in [-0.3, -0.25) is 14.5 Å². The molecule has 6 nitrogen and oxygen atoms in total. The van der Waals surface area contributed by atoms with Crippen molar-refractivity contribution in [3.05, 3.63) is 65.4 Å². The van der Waals surface area contributed by atoms with Gasteiger partial charge >= 0.3 is 0 Å². The van der Waals surface area contributed by atoms with E-state index in [2.05, 4.69) is 20.7 Å². The van der Waals surface area contributed by atoms with Crippen molar-refractivity contribution in [3.63, 3.8) is 0 Å². The first kappa shape index (κ1) is 17.0. The molecule has 0 unspecified atom stereocenters. The average molecular weight is 363 g/mol. The maximum Gasteiger partial charge on any atom is 0.258 e. The molecular formula is C20H18FN5O. The van der Waals surface area contributed by atoms with Crippen LogP contribution in [0.3, 0.4) is 0 Å². The van der Waals surface area contributed by atoms with Crippen molar-refractivity contribution in [2.45, 2.75) is 13.8 Å². The third-order valence-corrected chi connectivity index (χ3v) is 4.53. The Labute approximate surface area is 155 Å². The van der Waals surface area contributed by atoms with Crippen molar-refractivity contribution in [3.8, 4) is 11.3 Å². The van der Waals surface area contributed by atoms with Crippen LogP contribution in [0.5, 0.6) is 0 Å². The molecule has 2 N–H and O–H groups in total. The highest BCUT2D eigenvalue weighted by Gasteiger charge is 2.28. The van der Waals surface area contributed by atoms with Crippen molar-refractivity contribution < 1.29 is 9.18 Å². The Balaban J connectivity index is 1.80. The summed E-state index contributed by atoms with van der Waals surface area (Å²) in [4.78, 5) is 16.9. The monoisotopic (exact) mass is 363 g/mol.